The molecule has 0 radical (unpaired) electrons. The Bertz CT molecular complexity index is 1020. The Morgan fingerprint density at radius 2 is 1.90 bits per heavy atom. The Kier molecular flexibility index (Phi) is 7.15. The number of rotatable bonds is 7. The van der Waals surface area contributed by atoms with Gasteiger partial charge in [-0.25, -0.2) is 4.99 Å². The number of carbonyl (C=O) groups excluding carboxylic acids is 1. The van der Waals surface area contributed by atoms with E-state index in [0.717, 1.165) is 17.7 Å². The van der Waals surface area contributed by atoms with E-state index in [-0.39, 0.29) is 12.5 Å². The third-order valence-corrected chi connectivity index (χ3v) is 5.49. The maximum atomic E-state index is 12.7. The first-order valence-electron chi connectivity index (χ1n) is 9.67. The van der Waals surface area contributed by atoms with Gasteiger partial charge in [0.05, 0.1) is 17.2 Å². The third-order valence-electron chi connectivity index (χ3n) is 4.43. The first-order chi connectivity index (χ1) is 14.5. The summed E-state index contributed by atoms with van der Waals surface area (Å²) in [7, 11) is 1.72. The van der Waals surface area contributed by atoms with Crippen molar-refractivity contribution >= 4 is 34.6 Å². The van der Waals surface area contributed by atoms with Crippen LogP contribution in [0.5, 0.6) is 11.5 Å². The molecule has 1 fully saturated rings. The third kappa shape index (κ3) is 5.02. The van der Waals surface area contributed by atoms with Crippen molar-refractivity contribution in [2.75, 3.05) is 20.3 Å². The molecule has 1 amide bonds. The number of aliphatic imine (C=N–C) groups is 1. The van der Waals surface area contributed by atoms with E-state index in [0.29, 0.717) is 28.2 Å². The van der Waals surface area contributed by atoms with E-state index in [4.69, 9.17) is 14.7 Å². The largest absolute Gasteiger partial charge is 0.490 e. The molecule has 0 N–H and O–H groups in total. The summed E-state index contributed by atoms with van der Waals surface area (Å²) in [4.78, 5) is 19.4. The van der Waals surface area contributed by atoms with Gasteiger partial charge < -0.3 is 9.47 Å². The highest BCUT2D eigenvalue weighted by atomic mass is 32.2. The molecule has 0 aliphatic carbocycles. The minimum atomic E-state index is -0.105. The summed E-state index contributed by atoms with van der Waals surface area (Å²) in [5.74, 6) is 0.934. The number of likely N-dealkylation sites (N-methyl/N-ethyl adjacent to an activating group) is 1. The Balaban J connectivity index is 1.84. The molecular formula is C23H23N3O3S. The minimum absolute atomic E-state index is 0.0568. The van der Waals surface area contributed by atoms with Crippen LogP contribution in [0.4, 0.5) is 5.69 Å². The van der Waals surface area contributed by atoms with Gasteiger partial charge in [-0.15, -0.1) is 0 Å². The molecule has 1 heterocycles. The Hall–Kier alpha value is -3.24. The predicted molar refractivity (Wildman–Crippen MR) is 120 cm³/mol. The number of hydrogen-bond acceptors (Lipinski definition) is 6. The van der Waals surface area contributed by atoms with Crippen molar-refractivity contribution in [3.05, 3.63) is 58.5 Å². The lowest BCUT2D eigenvalue weighted by atomic mass is 10.1. The van der Waals surface area contributed by atoms with Crippen LogP contribution in [0.3, 0.4) is 0 Å². The van der Waals surface area contributed by atoms with Crippen molar-refractivity contribution in [3.63, 3.8) is 0 Å². The number of aryl methyl sites for hydroxylation is 1. The summed E-state index contributed by atoms with van der Waals surface area (Å²) >= 11 is 1.34. The number of thioether (sulfide) groups is 1. The van der Waals surface area contributed by atoms with Gasteiger partial charge in [0.1, 0.15) is 6.07 Å². The molecule has 3 rings (SSSR count). The molecule has 0 bridgehead atoms. The van der Waals surface area contributed by atoms with Crippen LogP contribution in [0.1, 0.15) is 25.0 Å². The number of hydrogen-bond donors (Lipinski definition) is 0. The maximum Gasteiger partial charge on any atom is 0.266 e. The SMILES string of the molecule is CCOc1cc(/C=C2/SC(=Nc3ccc(CC)cc3)N(C)C2=O)ccc1OCC#N. The molecule has 154 valence electrons. The summed E-state index contributed by atoms with van der Waals surface area (Å²) < 4.78 is 11.0. The number of benzene rings is 2. The van der Waals surface area contributed by atoms with Crippen molar-refractivity contribution in [2.24, 2.45) is 4.99 Å². The van der Waals surface area contributed by atoms with Crippen molar-refractivity contribution in [2.45, 2.75) is 20.3 Å². The standard InChI is InChI=1S/C23H23N3O3S/c1-4-16-6-9-18(10-7-16)25-23-26(3)22(27)21(30-23)15-17-8-11-19(29-13-12-24)20(14-17)28-5-2/h6-11,14-15H,4-5,13H2,1-3H3/b21-15+,25-23?. The molecule has 1 saturated heterocycles. The monoisotopic (exact) mass is 421 g/mol. The van der Waals surface area contributed by atoms with Crippen LogP contribution in [0.25, 0.3) is 6.08 Å². The summed E-state index contributed by atoms with van der Waals surface area (Å²) in [5.41, 5.74) is 2.86. The molecule has 1 aliphatic rings. The summed E-state index contributed by atoms with van der Waals surface area (Å²) in [5, 5.41) is 9.36. The molecule has 0 aromatic heterocycles. The second-order valence-corrected chi connectivity index (χ2v) is 7.48. The van der Waals surface area contributed by atoms with Gasteiger partial charge in [-0.05, 0) is 66.6 Å². The summed E-state index contributed by atoms with van der Waals surface area (Å²) in [6.07, 6.45) is 2.78. The smallest absolute Gasteiger partial charge is 0.266 e. The van der Waals surface area contributed by atoms with E-state index in [1.165, 1.54) is 17.3 Å². The van der Waals surface area contributed by atoms with E-state index in [1.54, 1.807) is 24.1 Å². The number of nitriles is 1. The highest BCUT2D eigenvalue weighted by Gasteiger charge is 2.30. The fourth-order valence-corrected chi connectivity index (χ4v) is 3.82. The average molecular weight is 422 g/mol. The van der Waals surface area contributed by atoms with Crippen LogP contribution < -0.4 is 9.47 Å². The quantitative estimate of drug-likeness (QED) is 0.601. The molecule has 2 aromatic rings. The van der Waals surface area contributed by atoms with Crippen LogP contribution in [0.15, 0.2) is 52.4 Å². The fourth-order valence-electron chi connectivity index (χ4n) is 2.83. The van der Waals surface area contributed by atoms with E-state index >= 15 is 0 Å². The average Bonchev–Trinajstić information content (AvgIpc) is 3.01. The molecule has 7 heteroatoms. The number of amides is 1. The van der Waals surface area contributed by atoms with Crippen molar-refractivity contribution in [1.82, 2.24) is 4.90 Å². The molecular weight excluding hydrogens is 398 g/mol. The van der Waals surface area contributed by atoms with Crippen LogP contribution >= 0.6 is 11.8 Å². The number of amidine groups is 1. The van der Waals surface area contributed by atoms with Crippen LogP contribution in [-0.2, 0) is 11.2 Å². The van der Waals surface area contributed by atoms with Gasteiger partial charge in [-0.2, -0.15) is 5.26 Å². The van der Waals surface area contributed by atoms with E-state index in [9.17, 15) is 4.79 Å². The van der Waals surface area contributed by atoms with Gasteiger partial charge in [-0.1, -0.05) is 25.1 Å². The predicted octanol–water partition coefficient (Wildman–Crippen LogP) is 4.78. The van der Waals surface area contributed by atoms with Crippen molar-refractivity contribution in [3.8, 4) is 17.6 Å². The molecule has 0 unspecified atom stereocenters. The lowest BCUT2D eigenvalue weighted by Crippen LogP contribution is -2.23. The number of nitrogens with zero attached hydrogens (tertiary/aromatic N) is 3. The zero-order valence-electron chi connectivity index (χ0n) is 17.2. The molecule has 6 nitrogen and oxygen atoms in total. The molecule has 0 atom stereocenters. The Morgan fingerprint density at radius 3 is 2.57 bits per heavy atom. The zero-order chi connectivity index (χ0) is 21.5. The second kappa shape index (κ2) is 9.99. The lowest BCUT2D eigenvalue weighted by Gasteiger charge is -2.10. The zero-order valence-corrected chi connectivity index (χ0v) is 18.0. The normalized spacial score (nSPS) is 16.2. The van der Waals surface area contributed by atoms with Crippen molar-refractivity contribution < 1.29 is 14.3 Å². The highest BCUT2D eigenvalue weighted by Crippen LogP contribution is 2.35. The fraction of sp³-hybridized carbons (Fsp3) is 0.261. The van der Waals surface area contributed by atoms with Gasteiger partial charge in [0.15, 0.2) is 23.3 Å². The molecule has 0 saturated carbocycles. The molecule has 1 aliphatic heterocycles. The summed E-state index contributed by atoms with van der Waals surface area (Å²) in [6.45, 7) is 4.39. The molecule has 2 aromatic carbocycles. The van der Waals surface area contributed by atoms with Crippen LogP contribution in [-0.4, -0.2) is 36.2 Å². The van der Waals surface area contributed by atoms with Gasteiger partial charge >= 0.3 is 0 Å². The van der Waals surface area contributed by atoms with Gasteiger partial charge in [-0.3, -0.25) is 9.69 Å². The Labute approximate surface area is 180 Å². The number of ether oxygens (including phenoxy) is 2. The van der Waals surface area contributed by atoms with Crippen LogP contribution in [0.2, 0.25) is 0 Å². The lowest BCUT2D eigenvalue weighted by molar-refractivity contribution is -0.121. The first kappa shape index (κ1) is 21.5. The molecule has 0 spiro atoms. The topological polar surface area (TPSA) is 74.9 Å². The van der Waals surface area contributed by atoms with E-state index < -0.39 is 0 Å². The van der Waals surface area contributed by atoms with Gasteiger partial charge in [0.2, 0.25) is 0 Å². The number of carbonyl (C=O) groups is 1. The highest BCUT2D eigenvalue weighted by molar-refractivity contribution is 8.18. The van der Waals surface area contributed by atoms with E-state index in [2.05, 4.69) is 11.9 Å². The molecule has 30 heavy (non-hydrogen) atoms. The minimum Gasteiger partial charge on any atom is -0.490 e. The van der Waals surface area contributed by atoms with E-state index in [1.807, 2.05) is 49.4 Å². The van der Waals surface area contributed by atoms with Gasteiger partial charge in [0.25, 0.3) is 5.91 Å². The maximum absolute atomic E-state index is 12.7. The second-order valence-electron chi connectivity index (χ2n) is 6.48. The van der Waals surface area contributed by atoms with Gasteiger partial charge in [0, 0.05) is 7.05 Å². The van der Waals surface area contributed by atoms with Crippen LogP contribution in [0, 0.1) is 11.3 Å². The van der Waals surface area contributed by atoms with Crippen molar-refractivity contribution in [1.29, 1.82) is 5.26 Å². The first-order valence-corrected chi connectivity index (χ1v) is 10.5. The Morgan fingerprint density at radius 1 is 1.13 bits per heavy atom. The summed E-state index contributed by atoms with van der Waals surface area (Å²) in [6, 6.07) is 15.3.